The summed E-state index contributed by atoms with van der Waals surface area (Å²) < 4.78 is 0. The molecule has 1 aliphatic heterocycles. The van der Waals surface area contributed by atoms with Crippen molar-refractivity contribution in [3.8, 4) is 0 Å². The quantitative estimate of drug-likeness (QED) is 0.646. The third kappa shape index (κ3) is 4.76. The maximum atomic E-state index is 12.1. The lowest BCUT2D eigenvalue weighted by atomic mass is 10.00. The van der Waals surface area contributed by atoms with Crippen LogP contribution in [0.25, 0.3) is 10.2 Å². The van der Waals surface area contributed by atoms with E-state index in [1.165, 1.54) is 11.1 Å². The Balaban J connectivity index is 1.19. The van der Waals surface area contributed by atoms with Gasteiger partial charge in [-0.15, -0.1) is 11.3 Å². The van der Waals surface area contributed by atoms with Crippen molar-refractivity contribution in [1.29, 1.82) is 0 Å². The highest BCUT2D eigenvalue weighted by Gasteiger charge is 2.18. The Hall–Kier alpha value is -2.28. The SMILES string of the molecule is O=C(CCc1cc2cccnc2s1)NC[C@@H](O)CN1CCc2ccccc2C1. The van der Waals surface area contributed by atoms with E-state index in [4.69, 9.17) is 0 Å². The smallest absolute Gasteiger partial charge is 0.220 e. The zero-order chi connectivity index (χ0) is 19.3. The average Bonchev–Trinajstić information content (AvgIpc) is 3.14. The normalized spacial score (nSPS) is 15.3. The van der Waals surface area contributed by atoms with Gasteiger partial charge in [-0.1, -0.05) is 30.3 Å². The zero-order valence-corrected chi connectivity index (χ0v) is 16.6. The van der Waals surface area contributed by atoms with Crippen LogP contribution in [0.2, 0.25) is 0 Å². The first-order chi connectivity index (χ1) is 13.7. The largest absolute Gasteiger partial charge is 0.390 e. The molecule has 0 bridgehead atoms. The number of nitrogens with zero attached hydrogens (tertiary/aromatic N) is 2. The minimum Gasteiger partial charge on any atom is -0.390 e. The first-order valence-electron chi connectivity index (χ1n) is 9.75. The number of amides is 1. The second kappa shape index (κ2) is 8.82. The lowest BCUT2D eigenvalue weighted by Crippen LogP contribution is -2.42. The molecule has 146 valence electrons. The van der Waals surface area contributed by atoms with E-state index in [9.17, 15) is 9.90 Å². The van der Waals surface area contributed by atoms with Crippen LogP contribution in [0.15, 0.2) is 48.7 Å². The molecule has 6 heteroatoms. The number of hydrogen-bond donors (Lipinski definition) is 2. The van der Waals surface area contributed by atoms with Crippen molar-refractivity contribution in [3.05, 3.63) is 64.7 Å². The molecule has 2 aromatic heterocycles. The molecule has 2 N–H and O–H groups in total. The van der Waals surface area contributed by atoms with Crippen LogP contribution < -0.4 is 5.32 Å². The lowest BCUT2D eigenvalue weighted by Gasteiger charge is -2.30. The maximum Gasteiger partial charge on any atom is 0.220 e. The fourth-order valence-corrected chi connectivity index (χ4v) is 4.67. The van der Waals surface area contributed by atoms with Crippen LogP contribution >= 0.6 is 11.3 Å². The van der Waals surface area contributed by atoms with Gasteiger partial charge in [0, 0.05) is 49.1 Å². The van der Waals surface area contributed by atoms with Crippen LogP contribution in [-0.2, 0) is 24.2 Å². The summed E-state index contributed by atoms with van der Waals surface area (Å²) in [5.41, 5.74) is 2.74. The molecule has 5 nitrogen and oxygen atoms in total. The second-order valence-electron chi connectivity index (χ2n) is 7.32. The molecule has 0 aliphatic carbocycles. The summed E-state index contributed by atoms with van der Waals surface area (Å²) in [5, 5.41) is 14.3. The number of aliphatic hydroxyl groups is 1. The van der Waals surface area contributed by atoms with Gasteiger partial charge in [0.25, 0.3) is 0 Å². The van der Waals surface area contributed by atoms with E-state index in [1.54, 1.807) is 17.5 Å². The van der Waals surface area contributed by atoms with Crippen molar-refractivity contribution in [3.63, 3.8) is 0 Å². The molecule has 1 amide bonds. The van der Waals surface area contributed by atoms with Gasteiger partial charge in [0.1, 0.15) is 4.83 Å². The van der Waals surface area contributed by atoms with Crippen molar-refractivity contribution in [2.24, 2.45) is 0 Å². The topological polar surface area (TPSA) is 65.5 Å². The standard InChI is InChI=1S/C22H25N3O2S/c26-19(15-25-11-9-16-4-1-2-5-18(16)14-25)13-24-21(27)8-7-20-12-17-6-3-10-23-22(17)28-20/h1-6,10,12,19,26H,7-9,11,13-15H2,(H,24,27)/t19-/m1/s1. The van der Waals surface area contributed by atoms with Gasteiger partial charge in [-0.25, -0.2) is 4.98 Å². The molecular formula is C22H25N3O2S. The highest BCUT2D eigenvalue weighted by Crippen LogP contribution is 2.24. The number of benzene rings is 1. The van der Waals surface area contributed by atoms with Crippen LogP contribution in [-0.4, -0.2) is 46.6 Å². The molecule has 1 atom stereocenters. The van der Waals surface area contributed by atoms with Crippen LogP contribution in [0.4, 0.5) is 0 Å². The highest BCUT2D eigenvalue weighted by atomic mass is 32.1. The van der Waals surface area contributed by atoms with Crippen molar-refractivity contribution in [1.82, 2.24) is 15.2 Å². The van der Waals surface area contributed by atoms with Crippen molar-refractivity contribution in [2.45, 2.75) is 31.9 Å². The third-order valence-electron chi connectivity index (χ3n) is 5.16. The predicted octanol–water partition coefficient (Wildman–Crippen LogP) is 2.76. The van der Waals surface area contributed by atoms with Gasteiger partial charge in [-0.3, -0.25) is 9.69 Å². The fourth-order valence-electron chi connectivity index (χ4n) is 3.68. The number of aliphatic hydroxyl groups excluding tert-OH is 1. The number of carbonyl (C=O) groups excluding carboxylic acids is 1. The Morgan fingerprint density at radius 3 is 2.96 bits per heavy atom. The first kappa shape index (κ1) is 19.1. The highest BCUT2D eigenvalue weighted by molar-refractivity contribution is 7.18. The molecule has 0 fully saturated rings. The Morgan fingerprint density at radius 2 is 2.11 bits per heavy atom. The van der Waals surface area contributed by atoms with Gasteiger partial charge in [-0.2, -0.15) is 0 Å². The van der Waals surface area contributed by atoms with E-state index in [1.807, 2.05) is 12.1 Å². The molecule has 1 aromatic carbocycles. The Labute approximate surface area is 169 Å². The number of carbonyl (C=O) groups is 1. The number of hydrogen-bond acceptors (Lipinski definition) is 5. The molecule has 0 saturated heterocycles. The molecule has 1 aliphatic rings. The van der Waals surface area contributed by atoms with E-state index in [0.29, 0.717) is 25.9 Å². The minimum absolute atomic E-state index is 0.0199. The van der Waals surface area contributed by atoms with Gasteiger partial charge < -0.3 is 10.4 Å². The van der Waals surface area contributed by atoms with Gasteiger partial charge in [0.05, 0.1) is 6.10 Å². The molecule has 4 rings (SSSR count). The summed E-state index contributed by atoms with van der Waals surface area (Å²) in [6, 6.07) is 14.5. The number of aromatic nitrogens is 1. The van der Waals surface area contributed by atoms with E-state index < -0.39 is 6.10 Å². The van der Waals surface area contributed by atoms with Crippen LogP contribution in [0.1, 0.15) is 22.4 Å². The van der Waals surface area contributed by atoms with Crippen molar-refractivity contribution < 1.29 is 9.90 Å². The number of thiophene rings is 1. The van der Waals surface area contributed by atoms with Crippen LogP contribution in [0.5, 0.6) is 0 Å². The van der Waals surface area contributed by atoms with Gasteiger partial charge >= 0.3 is 0 Å². The van der Waals surface area contributed by atoms with Gasteiger partial charge in [0.15, 0.2) is 0 Å². The number of fused-ring (bicyclic) bond motifs is 2. The van der Waals surface area contributed by atoms with E-state index >= 15 is 0 Å². The summed E-state index contributed by atoms with van der Waals surface area (Å²) >= 11 is 1.63. The van der Waals surface area contributed by atoms with E-state index in [2.05, 4.69) is 45.5 Å². The van der Waals surface area contributed by atoms with Crippen molar-refractivity contribution in [2.75, 3.05) is 19.6 Å². The molecule has 3 aromatic rings. The summed E-state index contributed by atoms with van der Waals surface area (Å²) in [6.07, 6.45) is 3.38. The number of β-amino-alcohol motifs (C(OH)–C–C–N with tert-alkyl or cyclic N) is 1. The Bertz CT molecular complexity index is 923. The summed E-state index contributed by atoms with van der Waals surface area (Å²) in [7, 11) is 0. The zero-order valence-electron chi connectivity index (χ0n) is 15.8. The fraction of sp³-hybridized carbons (Fsp3) is 0.364. The lowest BCUT2D eigenvalue weighted by molar-refractivity contribution is -0.121. The van der Waals surface area contributed by atoms with Gasteiger partial charge in [-0.05, 0) is 36.1 Å². The molecule has 28 heavy (non-hydrogen) atoms. The Morgan fingerprint density at radius 1 is 1.25 bits per heavy atom. The monoisotopic (exact) mass is 395 g/mol. The molecule has 0 saturated carbocycles. The number of pyridine rings is 1. The van der Waals surface area contributed by atoms with Crippen molar-refractivity contribution >= 4 is 27.5 Å². The summed E-state index contributed by atoms with van der Waals surface area (Å²) in [6.45, 7) is 2.69. The minimum atomic E-state index is -0.553. The number of rotatable bonds is 7. The maximum absolute atomic E-state index is 12.1. The molecule has 0 radical (unpaired) electrons. The van der Waals surface area contributed by atoms with Crippen LogP contribution in [0, 0.1) is 0 Å². The third-order valence-corrected chi connectivity index (χ3v) is 6.28. The number of nitrogens with one attached hydrogen (secondary N) is 1. The number of aryl methyl sites for hydroxylation is 1. The summed E-state index contributed by atoms with van der Waals surface area (Å²) in [4.78, 5) is 20.9. The average molecular weight is 396 g/mol. The predicted molar refractivity (Wildman–Crippen MR) is 112 cm³/mol. The van der Waals surface area contributed by atoms with E-state index in [0.717, 1.165) is 34.6 Å². The molecule has 0 unspecified atom stereocenters. The molecular weight excluding hydrogens is 370 g/mol. The Kier molecular flexibility index (Phi) is 6.00. The molecule has 3 heterocycles. The second-order valence-corrected chi connectivity index (χ2v) is 8.44. The first-order valence-corrected chi connectivity index (χ1v) is 10.6. The van der Waals surface area contributed by atoms with Gasteiger partial charge in [0.2, 0.25) is 5.91 Å². The summed E-state index contributed by atoms with van der Waals surface area (Å²) in [5.74, 6) is -0.0199. The van der Waals surface area contributed by atoms with E-state index in [-0.39, 0.29) is 5.91 Å². The molecule has 0 spiro atoms. The van der Waals surface area contributed by atoms with Crippen LogP contribution in [0.3, 0.4) is 0 Å².